The minimum Gasteiger partial charge on any atom is -0.502 e. The van der Waals surface area contributed by atoms with Crippen molar-refractivity contribution in [1.82, 2.24) is 0 Å². The van der Waals surface area contributed by atoms with Crippen LogP contribution in [0, 0.1) is 10.1 Å². The molecule has 0 aliphatic heterocycles. The Kier molecular flexibility index (Phi) is 2.32. The number of nitro benzene ring substituents is 1. The smallest absolute Gasteiger partial charge is 0.311 e. The number of benzene rings is 1. The van der Waals surface area contributed by atoms with Gasteiger partial charge in [-0.05, 0) is 30.9 Å². The SMILES string of the molecule is O=[N+]([O-])c1ccc2c(c1O)CCCC2O. The highest BCUT2D eigenvalue weighted by atomic mass is 16.6. The highest BCUT2D eigenvalue weighted by Crippen LogP contribution is 2.39. The van der Waals surface area contributed by atoms with Crippen LogP contribution >= 0.6 is 0 Å². The molecule has 0 fully saturated rings. The molecule has 0 heterocycles. The minimum atomic E-state index is -0.614. The quantitative estimate of drug-likeness (QED) is 0.544. The molecular formula is C10H11NO4. The van der Waals surface area contributed by atoms with Crippen LogP contribution in [0.1, 0.15) is 30.1 Å². The standard InChI is InChI=1S/C10H11NO4/c12-9-3-1-2-7-6(9)4-5-8(10(7)13)11(14)15/h4-5,9,12-13H,1-3H2. The van der Waals surface area contributed by atoms with Gasteiger partial charge in [0, 0.05) is 11.6 Å². The fourth-order valence-corrected chi connectivity index (χ4v) is 1.99. The summed E-state index contributed by atoms with van der Waals surface area (Å²) in [5.41, 5.74) is 0.843. The predicted octanol–water partition coefficient (Wildman–Crippen LogP) is 1.67. The van der Waals surface area contributed by atoms with Crippen LogP contribution in [-0.4, -0.2) is 15.1 Å². The van der Waals surface area contributed by atoms with Crippen molar-refractivity contribution >= 4 is 5.69 Å². The number of aliphatic hydroxyl groups is 1. The lowest BCUT2D eigenvalue weighted by Crippen LogP contribution is -2.09. The van der Waals surface area contributed by atoms with Crippen LogP contribution in [-0.2, 0) is 6.42 Å². The van der Waals surface area contributed by atoms with Gasteiger partial charge in [-0.25, -0.2) is 0 Å². The van der Waals surface area contributed by atoms with E-state index in [9.17, 15) is 20.3 Å². The first-order valence-electron chi connectivity index (χ1n) is 4.78. The van der Waals surface area contributed by atoms with Crippen LogP contribution in [0.15, 0.2) is 12.1 Å². The molecule has 0 radical (unpaired) electrons. The number of aromatic hydroxyl groups is 1. The van der Waals surface area contributed by atoms with Crippen LogP contribution in [0.4, 0.5) is 5.69 Å². The molecule has 1 atom stereocenters. The summed E-state index contributed by atoms with van der Waals surface area (Å²) in [5.74, 6) is -0.295. The maximum absolute atomic E-state index is 10.6. The number of nitrogens with zero attached hydrogens (tertiary/aromatic N) is 1. The van der Waals surface area contributed by atoms with Crippen molar-refractivity contribution in [3.63, 3.8) is 0 Å². The Morgan fingerprint density at radius 3 is 2.87 bits per heavy atom. The zero-order valence-corrected chi connectivity index (χ0v) is 8.01. The van der Waals surface area contributed by atoms with E-state index >= 15 is 0 Å². The highest BCUT2D eigenvalue weighted by molar-refractivity contribution is 5.55. The summed E-state index contributed by atoms with van der Waals surface area (Å²) in [6.07, 6.45) is 1.35. The van der Waals surface area contributed by atoms with E-state index in [0.29, 0.717) is 24.0 Å². The number of hydrogen-bond donors (Lipinski definition) is 2. The maximum Gasteiger partial charge on any atom is 0.311 e. The lowest BCUT2D eigenvalue weighted by molar-refractivity contribution is -0.386. The van der Waals surface area contributed by atoms with E-state index in [1.54, 1.807) is 0 Å². The van der Waals surface area contributed by atoms with Crippen LogP contribution < -0.4 is 0 Å². The topological polar surface area (TPSA) is 83.6 Å². The number of rotatable bonds is 1. The number of hydrogen-bond acceptors (Lipinski definition) is 4. The molecule has 0 saturated heterocycles. The van der Waals surface area contributed by atoms with E-state index in [2.05, 4.69) is 0 Å². The van der Waals surface area contributed by atoms with Gasteiger partial charge in [0.05, 0.1) is 11.0 Å². The molecule has 1 aromatic carbocycles. The average Bonchev–Trinajstić information content (AvgIpc) is 2.19. The Hall–Kier alpha value is -1.62. The number of nitro groups is 1. The van der Waals surface area contributed by atoms with Gasteiger partial charge in [0.2, 0.25) is 0 Å². The van der Waals surface area contributed by atoms with Gasteiger partial charge in [0.15, 0.2) is 5.75 Å². The molecule has 1 unspecified atom stereocenters. The predicted molar refractivity (Wildman–Crippen MR) is 52.7 cm³/mol. The number of phenols is 1. The van der Waals surface area contributed by atoms with Crippen molar-refractivity contribution in [2.24, 2.45) is 0 Å². The molecule has 5 heteroatoms. The third kappa shape index (κ3) is 1.55. The van der Waals surface area contributed by atoms with Gasteiger partial charge in [0.1, 0.15) is 0 Å². The molecular weight excluding hydrogens is 198 g/mol. The molecule has 1 aliphatic carbocycles. The van der Waals surface area contributed by atoms with Crippen molar-refractivity contribution in [2.45, 2.75) is 25.4 Å². The van der Waals surface area contributed by atoms with E-state index in [1.165, 1.54) is 12.1 Å². The Balaban J connectivity index is 2.57. The molecule has 0 bridgehead atoms. The van der Waals surface area contributed by atoms with E-state index in [-0.39, 0.29) is 11.4 Å². The molecule has 2 N–H and O–H groups in total. The van der Waals surface area contributed by atoms with Gasteiger partial charge < -0.3 is 10.2 Å². The first-order chi connectivity index (χ1) is 7.11. The molecule has 15 heavy (non-hydrogen) atoms. The molecule has 0 aromatic heterocycles. The highest BCUT2D eigenvalue weighted by Gasteiger charge is 2.25. The molecule has 5 nitrogen and oxygen atoms in total. The third-order valence-electron chi connectivity index (χ3n) is 2.76. The first kappa shape index (κ1) is 9.92. The summed E-state index contributed by atoms with van der Waals surface area (Å²) in [4.78, 5) is 9.96. The maximum atomic E-state index is 10.6. The number of phenolic OH excluding ortho intramolecular Hbond substituents is 1. The summed E-state index contributed by atoms with van der Waals surface area (Å²) >= 11 is 0. The molecule has 0 spiro atoms. The number of aliphatic hydroxyl groups excluding tert-OH is 1. The summed E-state index contributed by atoms with van der Waals surface area (Å²) in [6.45, 7) is 0. The molecule has 0 amide bonds. The van der Waals surface area contributed by atoms with Gasteiger partial charge in [-0.2, -0.15) is 0 Å². The second-order valence-electron chi connectivity index (χ2n) is 3.67. The Morgan fingerprint density at radius 1 is 1.47 bits per heavy atom. The van der Waals surface area contributed by atoms with Gasteiger partial charge in [-0.3, -0.25) is 10.1 Å². The largest absolute Gasteiger partial charge is 0.502 e. The average molecular weight is 209 g/mol. The van der Waals surface area contributed by atoms with Crippen LogP contribution in [0.2, 0.25) is 0 Å². The summed E-state index contributed by atoms with van der Waals surface area (Å²) < 4.78 is 0. The monoisotopic (exact) mass is 209 g/mol. The second-order valence-corrected chi connectivity index (χ2v) is 3.67. The molecule has 1 aromatic rings. The van der Waals surface area contributed by atoms with Crippen molar-refractivity contribution in [1.29, 1.82) is 0 Å². The lowest BCUT2D eigenvalue weighted by atomic mass is 9.88. The number of fused-ring (bicyclic) bond motifs is 1. The van der Waals surface area contributed by atoms with Crippen molar-refractivity contribution < 1.29 is 15.1 Å². The fourth-order valence-electron chi connectivity index (χ4n) is 1.99. The van der Waals surface area contributed by atoms with E-state index in [4.69, 9.17) is 0 Å². The van der Waals surface area contributed by atoms with Crippen molar-refractivity contribution in [3.8, 4) is 5.75 Å². The summed E-state index contributed by atoms with van der Waals surface area (Å²) in [6, 6.07) is 2.76. The van der Waals surface area contributed by atoms with Crippen molar-refractivity contribution in [2.75, 3.05) is 0 Å². The Morgan fingerprint density at radius 2 is 2.20 bits per heavy atom. The first-order valence-corrected chi connectivity index (χ1v) is 4.78. The van der Waals surface area contributed by atoms with Crippen LogP contribution in [0.5, 0.6) is 5.75 Å². The second kappa shape index (κ2) is 3.51. The summed E-state index contributed by atoms with van der Waals surface area (Å²) in [5, 5.41) is 29.9. The van der Waals surface area contributed by atoms with E-state index < -0.39 is 11.0 Å². The zero-order valence-electron chi connectivity index (χ0n) is 8.01. The van der Waals surface area contributed by atoms with Crippen molar-refractivity contribution in [3.05, 3.63) is 33.4 Å². The van der Waals surface area contributed by atoms with Crippen LogP contribution in [0.25, 0.3) is 0 Å². The van der Waals surface area contributed by atoms with E-state index in [1.807, 2.05) is 0 Å². The van der Waals surface area contributed by atoms with Gasteiger partial charge >= 0.3 is 5.69 Å². The van der Waals surface area contributed by atoms with E-state index in [0.717, 1.165) is 6.42 Å². The molecule has 1 aliphatic rings. The fraction of sp³-hybridized carbons (Fsp3) is 0.400. The molecule has 0 saturated carbocycles. The Labute approximate surface area is 86.1 Å². The minimum absolute atomic E-state index is 0.289. The molecule has 80 valence electrons. The summed E-state index contributed by atoms with van der Waals surface area (Å²) in [7, 11) is 0. The lowest BCUT2D eigenvalue weighted by Gasteiger charge is -2.21. The Bertz CT molecular complexity index is 416. The van der Waals surface area contributed by atoms with Gasteiger partial charge in [-0.15, -0.1) is 0 Å². The third-order valence-corrected chi connectivity index (χ3v) is 2.76. The van der Waals surface area contributed by atoms with Crippen LogP contribution in [0.3, 0.4) is 0 Å². The zero-order chi connectivity index (χ0) is 11.0. The normalized spacial score (nSPS) is 19.7. The molecule has 2 rings (SSSR count). The van der Waals surface area contributed by atoms with Gasteiger partial charge in [-0.1, -0.05) is 0 Å². The van der Waals surface area contributed by atoms with Gasteiger partial charge in [0.25, 0.3) is 0 Å².